The predicted molar refractivity (Wildman–Crippen MR) is 131 cm³/mol. The molecule has 0 saturated heterocycles. The maximum atomic E-state index is 14.7. The molecule has 192 valence electrons. The molecule has 9 heteroatoms. The summed E-state index contributed by atoms with van der Waals surface area (Å²) in [6.07, 6.45) is 0.0911. The van der Waals surface area contributed by atoms with Crippen molar-refractivity contribution in [1.29, 1.82) is 0 Å². The lowest BCUT2D eigenvalue weighted by molar-refractivity contribution is -0.137. The van der Waals surface area contributed by atoms with Crippen LogP contribution in [-0.4, -0.2) is 5.91 Å². The summed E-state index contributed by atoms with van der Waals surface area (Å²) in [5, 5.41) is 5.43. The molecule has 36 heavy (non-hydrogen) atoms. The molecule has 0 aliphatic rings. The Morgan fingerprint density at radius 2 is 1.39 bits per heavy atom. The monoisotopic (exact) mass is 505 g/mol. The Morgan fingerprint density at radius 1 is 0.778 bits per heavy atom. The van der Waals surface area contributed by atoms with Crippen LogP contribution in [0.3, 0.4) is 0 Å². The first kappa shape index (κ1) is 27.0. The molecule has 3 rings (SSSR count). The van der Waals surface area contributed by atoms with Gasteiger partial charge in [0.25, 0.3) is 0 Å². The van der Waals surface area contributed by atoms with Crippen LogP contribution in [-0.2, 0) is 23.9 Å². The largest absolute Gasteiger partial charge is 0.416 e. The second-order valence-corrected chi connectivity index (χ2v) is 8.53. The van der Waals surface area contributed by atoms with Gasteiger partial charge in [-0.15, -0.1) is 0 Å². The minimum absolute atomic E-state index is 0.0755. The lowest BCUT2D eigenvalue weighted by Gasteiger charge is -2.14. The molecule has 0 aliphatic carbocycles. The highest BCUT2D eigenvalue weighted by Crippen LogP contribution is 2.30. The molecule has 0 bridgehead atoms. The minimum Gasteiger partial charge on any atom is -0.395 e. The molecule has 0 heterocycles. The molecule has 0 saturated carbocycles. The topological polar surface area (TPSA) is 67.1 Å². The number of nitrogen functional groups attached to an aromatic ring is 1. The SMILES string of the molecule is Nc1c(NC(=O)CCCCCCc2ccc(F)cc2)ccc(NCc2ccc(C(F)(F)F)cc2)c1F. The van der Waals surface area contributed by atoms with Crippen molar-refractivity contribution in [1.82, 2.24) is 0 Å². The van der Waals surface area contributed by atoms with E-state index < -0.39 is 17.6 Å². The van der Waals surface area contributed by atoms with Crippen molar-refractivity contribution < 1.29 is 26.7 Å². The number of unbranched alkanes of at least 4 members (excludes halogenated alkanes) is 3. The zero-order chi connectivity index (χ0) is 26.1. The van der Waals surface area contributed by atoms with Crippen LogP contribution in [0.1, 0.15) is 48.8 Å². The van der Waals surface area contributed by atoms with E-state index in [1.54, 1.807) is 12.1 Å². The first-order valence-electron chi connectivity index (χ1n) is 11.7. The lowest BCUT2D eigenvalue weighted by atomic mass is 10.1. The van der Waals surface area contributed by atoms with Crippen LogP contribution >= 0.6 is 0 Å². The number of anilines is 3. The van der Waals surface area contributed by atoms with Gasteiger partial charge in [-0.2, -0.15) is 13.2 Å². The van der Waals surface area contributed by atoms with Gasteiger partial charge in [-0.1, -0.05) is 37.1 Å². The number of rotatable bonds is 11. The Labute approximate surface area is 206 Å². The number of alkyl halides is 3. The maximum absolute atomic E-state index is 14.7. The molecule has 0 atom stereocenters. The summed E-state index contributed by atoms with van der Waals surface area (Å²) in [4.78, 5) is 12.2. The Kier molecular flexibility index (Phi) is 9.27. The van der Waals surface area contributed by atoms with Crippen molar-refractivity contribution in [2.75, 3.05) is 16.4 Å². The van der Waals surface area contributed by atoms with Crippen molar-refractivity contribution in [2.24, 2.45) is 0 Å². The fraction of sp³-hybridized carbons (Fsp3) is 0.296. The van der Waals surface area contributed by atoms with Gasteiger partial charge in [0.15, 0.2) is 5.82 Å². The predicted octanol–water partition coefficient (Wildman–Crippen LogP) is 7.31. The van der Waals surface area contributed by atoms with Gasteiger partial charge in [0.2, 0.25) is 5.91 Å². The molecular weight excluding hydrogens is 477 g/mol. The minimum atomic E-state index is -4.42. The van der Waals surface area contributed by atoms with E-state index in [-0.39, 0.29) is 41.8 Å². The van der Waals surface area contributed by atoms with Crippen LogP contribution in [0, 0.1) is 11.6 Å². The average Bonchev–Trinajstić information content (AvgIpc) is 2.84. The fourth-order valence-electron chi connectivity index (χ4n) is 3.68. The number of benzene rings is 3. The zero-order valence-corrected chi connectivity index (χ0v) is 19.6. The number of halogens is 5. The Morgan fingerprint density at radius 3 is 2.06 bits per heavy atom. The van der Waals surface area contributed by atoms with Gasteiger partial charge in [0.05, 0.1) is 22.6 Å². The van der Waals surface area contributed by atoms with Crippen LogP contribution in [0.25, 0.3) is 0 Å². The Balaban J connectivity index is 1.41. The highest BCUT2D eigenvalue weighted by atomic mass is 19.4. The summed E-state index contributed by atoms with van der Waals surface area (Å²) in [7, 11) is 0. The number of hydrogen-bond acceptors (Lipinski definition) is 3. The number of carbonyl (C=O) groups is 1. The van der Waals surface area contributed by atoms with E-state index in [0.29, 0.717) is 12.0 Å². The summed E-state index contributed by atoms with van der Waals surface area (Å²) in [6, 6.07) is 13.9. The van der Waals surface area contributed by atoms with Gasteiger partial charge in [0, 0.05) is 13.0 Å². The van der Waals surface area contributed by atoms with Crippen LogP contribution in [0.2, 0.25) is 0 Å². The first-order chi connectivity index (χ1) is 17.1. The van der Waals surface area contributed by atoms with Crippen molar-refractivity contribution >= 4 is 23.0 Å². The van der Waals surface area contributed by atoms with Gasteiger partial charge in [-0.3, -0.25) is 4.79 Å². The number of nitrogens with one attached hydrogen (secondary N) is 2. The Hall–Kier alpha value is -3.62. The molecule has 0 aliphatic heterocycles. The van der Waals surface area contributed by atoms with Gasteiger partial charge in [0.1, 0.15) is 5.82 Å². The highest BCUT2D eigenvalue weighted by molar-refractivity contribution is 5.94. The molecule has 1 amide bonds. The third-order valence-corrected chi connectivity index (χ3v) is 5.75. The van der Waals surface area contributed by atoms with E-state index in [0.717, 1.165) is 43.4 Å². The van der Waals surface area contributed by atoms with Crippen molar-refractivity contribution in [3.63, 3.8) is 0 Å². The fourth-order valence-corrected chi connectivity index (χ4v) is 3.68. The maximum Gasteiger partial charge on any atom is 0.416 e. The molecule has 0 spiro atoms. The Bertz CT molecular complexity index is 1150. The highest BCUT2D eigenvalue weighted by Gasteiger charge is 2.29. The van der Waals surface area contributed by atoms with Gasteiger partial charge < -0.3 is 16.4 Å². The van der Waals surface area contributed by atoms with E-state index in [1.165, 1.54) is 36.4 Å². The normalized spacial score (nSPS) is 11.4. The second-order valence-electron chi connectivity index (χ2n) is 8.53. The molecule has 0 radical (unpaired) electrons. The third-order valence-electron chi connectivity index (χ3n) is 5.75. The number of carbonyl (C=O) groups excluding carboxylic acids is 1. The molecule has 0 aromatic heterocycles. The van der Waals surface area contributed by atoms with Crippen molar-refractivity contribution in [3.8, 4) is 0 Å². The van der Waals surface area contributed by atoms with Crippen molar-refractivity contribution in [3.05, 3.63) is 89.0 Å². The molecule has 3 aromatic rings. The number of aryl methyl sites for hydroxylation is 1. The number of amides is 1. The summed E-state index contributed by atoms with van der Waals surface area (Å²) in [6.45, 7) is 0.0986. The second kappa shape index (κ2) is 12.4. The van der Waals surface area contributed by atoms with E-state index >= 15 is 0 Å². The average molecular weight is 506 g/mol. The third kappa shape index (κ3) is 7.96. The standard InChI is InChI=1S/C27H28F5N3O/c28-21-13-9-18(10-14-21)5-3-1-2-4-6-24(36)35-23-16-15-22(25(29)26(23)33)34-17-19-7-11-20(12-8-19)27(30,31)32/h7-16,34H,1-6,17,33H2,(H,35,36). The van der Waals surface area contributed by atoms with E-state index in [4.69, 9.17) is 5.73 Å². The van der Waals surface area contributed by atoms with E-state index in [1.807, 2.05) is 0 Å². The quantitative estimate of drug-likeness (QED) is 0.145. The van der Waals surface area contributed by atoms with Crippen LogP contribution in [0.4, 0.5) is 39.0 Å². The van der Waals surface area contributed by atoms with Gasteiger partial charge in [-0.05, 0) is 66.8 Å². The van der Waals surface area contributed by atoms with Gasteiger partial charge >= 0.3 is 6.18 Å². The first-order valence-corrected chi connectivity index (χ1v) is 11.7. The van der Waals surface area contributed by atoms with Crippen LogP contribution in [0.5, 0.6) is 0 Å². The molecule has 3 aromatic carbocycles. The summed E-state index contributed by atoms with van der Waals surface area (Å²) < 4.78 is 65.6. The molecule has 0 unspecified atom stereocenters. The van der Waals surface area contributed by atoms with E-state index in [2.05, 4.69) is 10.6 Å². The lowest BCUT2D eigenvalue weighted by Crippen LogP contribution is -2.14. The molecule has 4 N–H and O–H groups in total. The molecular formula is C27H28F5N3O. The van der Waals surface area contributed by atoms with Crippen LogP contribution < -0.4 is 16.4 Å². The van der Waals surface area contributed by atoms with Gasteiger partial charge in [-0.25, -0.2) is 8.78 Å². The summed E-state index contributed by atoms with van der Waals surface area (Å²) in [5.41, 5.74) is 6.72. The summed E-state index contributed by atoms with van der Waals surface area (Å²) in [5.74, 6) is -1.28. The zero-order valence-electron chi connectivity index (χ0n) is 19.6. The smallest absolute Gasteiger partial charge is 0.395 e. The van der Waals surface area contributed by atoms with E-state index in [9.17, 15) is 26.7 Å². The molecule has 0 fully saturated rings. The molecule has 4 nitrogen and oxygen atoms in total. The van der Waals surface area contributed by atoms with Crippen molar-refractivity contribution in [2.45, 2.75) is 51.2 Å². The number of nitrogens with two attached hydrogens (primary N) is 1. The number of hydrogen-bond donors (Lipinski definition) is 3. The summed E-state index contributed by atoms with van der Waals surface area (Å²) >= 11 is 0. The van der Waals surface area contributed by atoms with Crippen LogP contribution in [0.15, 0.2) is 60.7 Å².